The van der Waals surface area contributed by atoms with E-state index in [1.165, 1.54) is 0 Å². The second kappa shape index (κ2) is 13.5. The van der Waals surface area contributed by atoms with Crippen molar-refractivity contribution in [2.75, 3.05) is 6.54 Å². The van der Waals surface area contributed by atoms with E-state index < -0.39 is 0 Å². The monoisotopic (exact) mass is 257 g/mol. The quantitative estimate of drug-likeness (QED) is 0.843. The number of aryl methyl sites for hydroxylation is 2. The molecule has 0 saturated carbocycles. The van der Waals surface area contributed by atoms with Crippen LogP contribution in [0.15, 0.2) is 6.07 Å². The van der Waals surface area contributed by atoms with E-state index in [-0.39, 0.29) is 0 Å². The van der Waals surface area contributed by atoms with Crippen molar-refractivity contribution in [3.05, 3.63) is 23.3 Å². The fraction of sp³-hybridized carbons (Fsp3) is 0.692. The minimum Gasteiger partial charge on any atom is -0.330 e. The molecule has 4 heteroatoms. The van der Waals surface area contributed by atoms with Crippen molar-refractivity contribution in [2.45, 2.75) is 53.6 Å². The lowest BCUT2D eigenvalue weighted by Crippen LogP contribution is -2.05. The summed E-state index contributed by atoms with van der Waals surface area (Å²) in [6.45, 7) is 10.7. The predicted molar refractivity (Wildman–Crippen MR) is 80.3 cm³/mol. The maximum atomic E-state index is 5.43. The highest BCUT2D eigenvalue weighted by molar-refractivity contribution is 7.15. The Kier molecular flexibility index (Phi) is 15.0. The first-order valence-corrected chi connectivity index (χ1v) is 7.31. The highest BCUT2D eigenvalue weighted by atomic mass is 31.0. The molecule has 1 atom stereocenters. The van der Waals surface area contributed by atoms with E-state index in [1.807, 2.05) is 40.7 Å². The molecule has 1 heterocycles. The third kappa shape index (κ3) is 9.20. The normalized spacial score (nSPS) is 8.65. The number of nitrogens with zero attached hydrogens (tertiary/aromatic N) is 2. The van der Waals surface area contributed by atoms with Crippen molar-refractivity contribution < 1.29 is 0 Å². The molecular weight excluding hydrogens is 229 g/mol. The van der Waals surface area contributed by atoms with Gasteiger partial charge in [-0.25, -0.2) is 9.97 Å². The summed E-state index contributed by atoms with van der Waals surface area (Å²) in [7, 11) is 2.67. The molecule has 2 N–H and O–H groups in total. The van der Waals surface area contributed by atoms with Gasteiger partial charge in [0.05, 0.1) is 0 Å². The minimum atomic E-state index is 0.702. The van der Waals surface area contributed by atoms with Crippen molar-refractivity contribution in [3.63, 3.8) is 0 Å². The molecule has 100 valence electrons. The van der Waals surface area contributed by atoms with Crippen LogP contribution in [0.5, 0.6) is 0 Å². The predicted octanol–water partition coefficient (Wildman–Crippen LogP) is 3.10. The Bertz CT molecular complexity index is 277. The van der Waals surface area contributed by atoms with Gasteiger partial charge in [-0.2, -0.15) is 0 Å². The van der Waals surface area contributed by atoms with Crippen molar-refractivity contribution in [2.24, 2.45) is 5.73 Å². The SMILES string of the molecule is CC.CC.Cc1cc(CP)nc(CCCN)n1. The Morgan fingerprint density at radius 3 is 2.24 bits per heavy atom. The molecule has 0 aliphatic carbocycles. The molecule has 0 amide bonds. The minimum absolute atomic E-state index is 0.702. The summed E-state index contributed by atoms with van der Waals surface area (Å²) in [5, 5.41) is 0. The topological polar surface area (TPSA) is 51.8 Å². The summed E-state index contributed by atoms with van der Waals surface area (Å²) < 4.78 is 0. The molecule has 0 spiro atoms. The summed E-state index contributed by atoms with van der Waals surface area (Å²) in [6, 6.07) is 2.01. The van der Waals surface area contributed by atoms with Crippen LogP contribution >= 0.6 is 9.24 Å². The first kappa shape index (κ1) is 18.8. The molecule has 0 radical (unpaired) electrons. The van der Waals surface area contributed by atoms with E-state index in [0.717, 1.165) is 36.2 Å². The largest absolute Gasteiger partial charge is 0.330 e. The summed E-state index contributed by atoms with van der Waals surface area (Å²) in [5.74, 6) is 0.919. The number of hydrogen-bond acceptors (Lipinski definition) is 3. The van der Waals surface area contributed by atoms with Crippen LogP contribution in [0.1, 0.15) is 51.3 Å². The lowest BCUT2D eigenvalue weighted by atomic mass is 10.2. The van der Waals surface area contributed by atoms with Gasteiger partial charge < -0.3 is 5.73 Å². The van der Waals surface area contributed by atoms with Crippen LogP contribution in [-0.2, 0) is 12.6 Å². The number of aromatic nitrogens is 2. The summed E-state index contributed by atoms with van der Waals surface area (Å²) in [5.41, 5.74) is 7.55. The third-order valence-electron chi connectivity index (χ3n) is 1.77. The zero-order chi connectivity index (χ0) is 13.7. The molecule has 0 fully saturated rings. The van der Waals surface area contributed by atoms with Crippen LogP contribution < -0.4 is 5.73 Å². The van der Waals surface area contributed by atoms with Gasteiger partial charge in [-0.1, -0.05) is 27.7 Å². The van der Waals surface area contributed by atoms with Crippen molar-refractivity contribution >= 4 is 9.24 Å². The molecule has 0 aliphatic heterocycles. The molecule has 1 aromatic heterocycles. The van der Waals surface area contributed by atoms with Gasteiger partial charge in [-0.3, -0.25) is 0 Å². The Hall–Kier alpha value is -0.530. The van der Waals surface area contributed by atoms with Crippen LogP contribution in [-0.4, -0.2) is 16.5 Å². The Balaban J connectivity index is 0. The van der Waals surface area contributed by atoms with Gasteiger partial charge in [-0.15, -0.1) is 9.24 Å². The van der Waals surface area contributed by atoms with Crippen LogP contribution in [0.3, 0.4) is 0 Å². The van der Waals surface area contributed by atoms with E-state index in [0.29, 0.717) is 6.54 Å². The molecule has 3 nitrogen and oxygen atoms in total. The summed E-state index contributed by atoms with van der Waals surface area (Å²) in [6.07, 6.45) is 2.73. The zero-order valence-corrected chi connectivity index (χ0v) is 13.1. The fourth-order valence-corrected chi connectivity index (χ4v) is 1.39. The molecule has 0 aliphatic rings. The summed E-state index contributed by atoms with van der Waals surface area (Å²) in [4.78, 5) is 8.75. The van der Waals surface area contributed by atoms with E-state index in [1.54, 1.807) is 0 Å². The molecule has 17 heavy (non-hydrogen) atoms. The van der Waals surface area contributed by atoms with E-state index in [2.05, 4.69) is 19.2 Å². The fourth-order valence-electron chi connectivity index (χ4n) is 1.18. The van der Waals surface area contributed by atoms with Gasteiger partial charge in [0, 0.05) is 24.0 Å². The van der Waals surface area contributed by atoms with Crippen LogP contribution in [0.25, 0.3) is 0 Å². The third-order valence-corrected chi connectivity index (χ3v) is 2.19. The van der Waals surface area contributed by atoms with Crippen LogP contribution in [0.4, 0.5) is 0 Å². The van der Waals surface area contributed by atoms with Gasteiger partial charge in [0.2, 0.25) is 0 Å². The number of hydrogen-bond donors (Lipinski definition) is 1. The van der Waals surface area contributed by atoms with Crippen molar-refractivity contribution in [1.82, 2.24) is 9.97 Å². The maximum absolute atomic E-state index is 5.43. The molecule has 0 bridgehead atoms. The van der Waals surface area contributed by atoms with Gasteiger partial charge in [0.1, 0.15) is 5.82 Å². The average Bonchev–Trinajstić information content (AvgIpc) is 2.40. The van der Waals surface area contributed by atoms with Crippen LogP contribution in [0, 0.1) is 6.92 Å². The van der Waals surface area contributed by atoms with E-state index in [9.17, 15) is 0 Å². The highest BCUT2D eigenvalue weighted by Crippen LogP contribution is 2.06. The maximum Gasteiger partial charge on any atom is 0.128 e. The smallest absolute Gasteiger partial charge is 0.128 e. The second-order valence-corrected chi connectivity index (χ2v) is 3.42. The van der Waals surface area contributed by atoms with Gasteiger partial charge >= 0.3 is 0 Å². The van der Waals surface area contributed by atoms with Crippen molar-refractivity contribution in [3.8, 4) is 0 Å². The molecule has 1 aromatic rings. The lowest BCUT2D eigenvalue weighted by molar-refractivity contribution is 0.768. The second-order valence-electron chi connectivity index (χ2n) is 3.01. The first-order valence-electron chi connectivity index (χ1n) is 6.50. The highest BCUT2D eigenvalue weighted by Gasteiger charge is 1.99. The van der Waals surface area contributed by atoms with Gasteiger partial charge in [0.15, 0.2) is 0 Å². The van der Waals surface area contributed by atoms with Crippen LogP contribution in [0.2, 0.25) is 0 Å². The number of rotatable bonds is 4. The van der Waals surface area contributed by atoms with Gasteiger partial charge in [-0.05, 0) is 26.0 Å². The summed E-state index contributed by atoms with van der Waals surface area (Å²) >= 11 is 0. The van der Waals surface area contributed by atoms with Gasteiger partial charge in [0.25, 0.3) is 0 Å². The van der Waals surface area contributed by atoms with E-state index in [4.69, 9.17) is 5.73 Å². The first-order chi connectivity index (χ1) is 8.26. The molecule has 0 aromatic carbocycles. The molecule has 0 saturated heterocycles. The lowest BCUT2D eigenvalue weighted by Gasteiger charge is -2.03. The average molecular weight is 257 g/mol. The van der Waals surface area contributed by atoms with E-state index >= 15 is 0 Å². The zero-order valence-electron chi connectivity index (χ0n) is 12.0. The molecule has 1 rings (SSSR count). The molecule has 1 unspecified atom stereocenters. The molecular formula is C13H28N3P. The Morgan fingerprint density at radius 2 is 1.76 bits per heavy atom. The van der Waals surface area contributed by atoms with Crippen molar-refractivity contribution in [1.29, 1.82) is 0 Å². The standard InChI is InChI=1S/C9H16N3P.2C2H6/c1-7-5-8(6-13)12-9(11-7)3-2-4-10;2*1-2/h5H,2-4,6,10,13H2,1H3;2*1-2H3. The number of nitrogens with two attached hydrogens (primary N) is 1. The Labute approximate surface area is 109 Å². The Morgan fingerprint density at radius 1 is 1.18 bits per heavy atom.